The summed E-state index contributed by atoms with van der Waals surface area (Å²) in [5.41, 5.74) is 0.936. The molecule has 1 aromatic rings. The molecule has 1 N–H and O–H groups in total. The van der Waals surface area contributed by atoms with E-state index in [2.05, 4.69) is 12.2 Å². The fourth-order valence-electron chi connectivity index (χ4n) is 4.10. The standard InChI is InChI=1S/C19H27FN2O.ClH/c1-14(15-7-9-21-10-8-15)12-19(23)22-11-3-6-18(22)16-4-2-5-17(20)13-16;/h2,4-5,13-15,18,21H,3,6-12H2,1H3;1H. The fourth-order valence-corrected chi connectivity index (χ4v) is 4.10. The molecular formula is C19H28ClFN2O. The van der Waals surface area contributed by atoms with Gasteiger partial charge < -0.3 is 10.2 Å². The number of amides is 1. The van der Waals surface area contributed by atoms with Crippen LogP contribution in [0.3, 0.4) is 0 Å². The zero-order valence-electron chi connectivity index (χ0n) is 14.3. The molecule has 2 aliphatic heterocycles. The minimum absolute atomic E-state index is 0. The number of rotatable bonds is 4. The van der Waals surface area contributed by atoms with Gasteiger partial charge in [0.1, 0.15) is 5.82 Å². The van der Waals surface area contributed by atoms with Crippen LogP contribution in [0.15, 0.2) is 24.3 Å². The number of benzene rings is 1. The van der Waals surface area contributed by atoms with Crippen LogP contribution in [0.4, 0.5) is 4.39 Å². The van der Waals surface area contributed by atoms with Gasteiger partial charge in [0.2, 0.25) is 5.91 Å². The molecule has 2 unspecified atom stereocenters. The molecule has 1 amide bonds. The quantitative estimate of drug-likeness (QED) is 0.888. The van der Waals surface area contributed by atoms with E-state index in [9.17, 15) is 9.18 Å². The van der Waals surface area contributed by atoms with Crippen molar-refractivity contribution < 1.29 is 9.18 Å². The van der Waals surface area contributed by atoms with Crippen molar-refractivity contribution in [2.75, 3.05) is 19.6 Å². The molecule has 2 heterocycles. The van der Waals surface area contributed by atoms with Crippen LogP contribution in [0, 0.1) is 17.7 Å². The maximum atomic E-state index is 13.5. The van der Waals surface area contributed by atoms with Crippen LogP contribution in [0.2, 0.25) is 0 Å². The molecule has 2 fully saturated rings. The number of hydrogen-bond acceptors (Lipinski definition) is 2. The van der Waals surface area contributed by atoms with E-state index < -0.39 is 0 Å². The Morgan fingerprint density at radius 1 is 1.33 bits per heavy atom. The third-order valence-corrected chi connectivity index (χ3v) is 5.49. The van der Waals surface area contributed by atoms with E-state index in [1.165, 1.54) is 18.9 Å². The van der Waals surface area contributed by atoms with E-state index in [4.69, 9.17) is 0 Å². The molecule has 24 heavy (non-hydrogen) atoms. The minimum Gasteiger partial charge on any atom is -0.336 e. The maximum Gasteiger partial charge on any atom is 0.223 e. The van der Waals surface area contributed by atoms with Crippen LogP contribution in [-0.2, 0) is 4.79 Å². The van der Waals surface area contributed by atoms with Crippen molar-refractivity contribution in [3.05, 3.63) is 35.6 Å². The van der Waals surface area contributed by atoms with Crippen LogP contribution in [0.5, 0.6) is 0 Å². The molecule has 2 saturated heterocycles. The van der Waals surface area contributed by atoms with Crippen LogP contribution in [0.25, 0.3) is 0 Å². The molecule has 2 aliphatic rings. The van der Waals surface area contributed by atoms with Gasteiger partial charge in [-0.1, -0.05) is 19.1 Å². The molecule has 5 heteroatoms. The summed E-state index contributed by atoms with van der Waals surface area (Å²) in [6, 6.07) is 6.77. The highest BCUT2D eigenvalue weighted by molar-refractivity contribution is 5.85. The van der Waals surface area contributed by atoms with Gasteiger partial charge in [0.15, 0.2) is 0 Å². The van der Waals surface area contributed by atoms with E-state index in [1.807, 2.05) is 11.0 Å². The number of nitrogens with one attached hydrogen (secondary N) is 1. The molecule has 0 aromatic heterocycles. The van der Waals surface area contributed by atoms with Crippen LogP contribution in [-0.4, -0.2) is 30.4 Å². The maximum absolute atomic E-state index is 13.5. The SMILES string of the molecule is CC(CC(=O)N1CCCC1c1cccc(F)c1)C1CCNCC1.Cl. The van der Waals surface area contributed by atoms with E-state index in [0.29, 0.717) is 18.3 Å². The average molecular weight is 355 g/mol. The number of piperidine rings is 1. The lowest BCUT2D eigenvalue weighted by atomic mass is 9.84. The molecule has 3 rings (SSSR count). The fraction of sp³-hybridized carbons (Fsp3) is 0.632. The molecular weight excluding hydrogens is 327 g/mol. The summed E-state index contributed by atoms with van der Waals surface area (Å²) in [7, 11) is 0. The Bertz CT molecular complexity index is 548. The molecule has 1 aromatic carbocycles. The topological polar surface area (TPSA) is 32.3 Å². The summed E-state index contributed by atoms with van der Waals surface area (Å²) in [6.07, 6.45) is 4.91. The molecule has 0 spiro atoms. The molecule has 0 aliphatic carbocycles. The largest absolute Gasteiger partial charge is 0.336 e. The number of likely N-dealkylation sites (tertiary alicyclic amines) is 1. The van der Waals surface area contributed by atoms with E-state index in [-0.39, 0.29) is 30.2 Å². The Balaban J connectivity index is 0.00000208. The second-order valence-electron chi connectivity index (χ2n) is 7.07. The first kappa shape index (κ1) is 19.2. The summed E-state index contributed by atoms with van der Waals surface area (Å²) in [4.78, 5) is 14.8. The summed E-state index contributed by atoms with van der Waals surface area (Å²) >= 11 is 0. The molecule has 0 radical (unpaired) electrons. The zero-order chi connectivity index (χ0) is 16.2. The molecule has 0 saturated carbocycles. The zero-order valence-corrected chi connectivity index (χ0v) is 15.2. The Hall–Kier alpha value is -1.13. The highest BCUT2D eigenvalue weighted by Gasteiger charge is 2.32. The van der Waals surface area contributed by atoms with Gasteiger partial charge in [0, 0.05) is 13.0 Å². The van der Waals surface area contributed by atoms with Crippen molar-refractivity contribution in [1.29, 1.82) is 0 Å². The van der Waals surface area contributed by atoms with Gasteiger partial charge in [-0.3, -0.25) is 4.79 Å². The predicted octanol–water partition coefficient (Wildman–Crippen LogP) is 3.94. The smallest absolute Gasteiger partial charge is 0.223 e. The number of halogens is 2. The van der Waals surface area contributed by atoms with Crippen molar-refractivity contribution in [2.24, 2.45) is 11.8 Å². The van der Waals surface area contributed by atoms with Gasteiger partial charge in [0.05, 0.1) is 6.04 Å². The summed E-state index contributed by atoms with van der Waals surface area (Å²) in [5.74, 6) is 1.10. The van der Waals surface area contributed by atoms with Crippen molar-refractivity contribution >= 4 is 18.3 Å². The first-order valence-electron chi connectivity index (χ1n) is 8.91. The van der Waals surface area contributed by atoms with Crippen LogP contribution in [0.1, 0.15) is 50.6 Å². The Labute approximate surface area is 150 Å². The van der Waals surface area contributed by atoms with Gasteiger partial charge in [-0.2, -0.15) is 0 Å². The van der Waals surface area contributed by atoms with Crippen molar-refractivity contribution in [3.63, 3.8) is 0 Å². The van der Waals surface area contributed by atoms with Gasteiger partial charge in [-0.25, -0.2) is 4.39 Å². The number of nitrogens with zero attached hydrogens (tertiary/aromatic N) is 1. The first-order chi connectivity index (χ1) is 11.1. The van der Waals surface area contributed by atoms with Gasteiger partial charge >= 0.3 is 0 Å². The van der Waals surface area contributed by atoms with Gasteiger partial charge in [-0.05, 0) is 68.3 Å². The first-order valence-corrected chi connectivity index (χ1v) is 8.91. The molecule has 0 bridgehead atoms. The average Bonchev–Trinajstić information content (AvgIpc) is 3.05. The third kappa shape index (κ3) is 4.48. The molecule has 2 atom stereocenters. The van der Waals surface area contributed by atoms with Gasteiger partial charge in [0.25, 0.3) is 0 Å². The normalized spacial score (nSPS) is 22.9. The third-order valence-electron chi connectivity index (χ3n) is 5.49. The van der Waals surface area contributed by atoms with Crippen molar-refractivity contribution in [2.45, 2.75) is 45.1 Å². The predicted molar refractivity (Wildman–Crippen MR) is 96.7 cm³/mol. The van der Waals surface area contributed by atoms with Crippen LogP contribution < -0.4 is 5.32 Å². The number of carbonyl (C=O) groups is 1. The van der Waals surface area contributed by atoms with Gasteiger partial charge in [-0.15, -0.1) is 12.4 Å². The van der Waals surface area contributed by atoms with E-state index in [0.717, 1.165) is 38.0 Å². The summed E-state index contributed by atoms with van der Waals surface area (Å²) in [6.45, 7) is 5.15. The molecule has 3 nitrogen and oxygen atoms in total. The Kier molecular flexibility index (Phi) is 7.05. The van der Waals surface area contributed by atoms with E-state index >= 15 is 0 Å². The highest BCUT2D eigenvalue weighted by Crippen LogP contribution is 2.34. The lowest BCUT2D eigenvalue weighted by molar-refractivity contribution is -0.133. The molecule has 134 valence electrons. The summed E-state index contributed by atoms with van der Waals surface area (Å²) < 4.78 is 13.5. The monoisotopic (exact) mass is 354 g/mol. The number of hydrogen-bond donors (Lipinski definition) is 1. The Morgan fingerprint density at radius 3 is 2.79 bits per heavy atom. The lowest BCUT2D eigenvalue weighted by Crippen LogP contribution is -2.35. The van der Waals surface area contributed by atoms with Crippen molar-refractivity contribution in [1.82, 2.24) is 10.2 Å². The second-order valence-corrected chi connectivity index (χ2v) is 7.07. The lowest BCUT2D eigenvalue weighted by Gasteiger charge is -2.31. The minimum atomic E-state index is -0.218. The van der Waals surface area contributed by atoms with Crippen LogP contribution >= 0.6 is 12.4 Å². The number of carbonyl (C=O) groups excluding carboxylic acids is 1. The Morgan fingerprint density at radius 2 is 2.08 bits per heavy atom. The second kappa shape index (κ2) is 8.82. The van der Waals surface area contributed by atoms with E-state index in [1.54, 1.807) is 12.1 Å². The highest BCUT2D eigenvalue weighted by atomic mass is 35.5. The van der Waals surface area contributed by atoms with Crippen molar-refractivity contribution in [3.8, 4) is 0 Å². The summed E-state index contributed by atoms with van der Waals surface area (Å²) in [5, 5.41) is 3.38.